The van der Waals surface area contributed by atoms with E-state index in [0.717, 1.165) is 0 Å². The van der Waals surface area contributed by atoms with Gasteiger partial charge < -0.3 is 15.7 Å². The Morgan fingerprint density at radius 1 is 1.16 bits per heavy atom. The molecule has 104 valence electrons. The number of carbonyl (C=O) groups is 3. The summed E-state index contributed by atoms with van der Waals surface area (Å²) in [6.45, 7) is 0.805. The number of carbonyl (C=O) groups excluding carboxylic acids is 2. The summed E-state index contributed by atoms with van der Waals surface area (Å²) in [5, 5.41) is 9.16. The van der Waals surface area contributed by atoms with Crippen LogP contribution in [0.2, 0.25) is 0 Å². The highest BCUT2D eigenvalue weighted by Gasteiger charge is 2.39. The molecular weight excluding hydrogens is 248 g/mol. The maximum atomic E-state index is 12.4. The molecule has 0 radical (unpaired) electrons. The van der Waals surface area contributed by atoms with Gasteiger partial charge in [-0.2, -0.15) is 0 Å². The highest BCUT2D eigenvalue weighted by atomic mass is 16.4. The van der Waals surface area contributed by atoms with Gasteiger partial charge in [0.25, 0.3) is 0 Å². The van der Waals surface area contributed by atoms with Gasteiger partial charge in [-0.1, -0.05) is 12.2 Å². The number of carboxylic acids is 1. The van der Waals surface area contributed by atoms with E-state index < -0.39 is 23.7 Å². The second-order valence-electron chi connectivity index (χ2n) is 5.17. The maximum Gasteiger partial charge on any atom is 0.307 e. The summed E-state index contributed by atoms with van der Waals surface area (Å²) in [7, 11) is 0. The van der Waals surface area contributed by atoms with Gasteiger partial charge in [-0.15, -0.1) is 0 Å². The molecule has 6 nitrogen and oxygen atoms in total. The Morgan fingerprint density at radius 2 is 1.79 bits per heavy atom. The quantitative estimate of drug-likeness (QED) is 0.701. The van der Waals surface area contributed by atoms with Crippen molar-refractivity contribution in [2.45, 2.75) is 19.3 Å². The van der Waals surface area contributed by atoms with Gasteiger partial charge >= 0.3 is 5.97 Å². The van der Waals surface area contributed by atoms with Gasteiger partial charge in [-0.25, -0.2) is 0 Å². The molecule has 19 heavy (non-hydrogen) atoms. The fraction of sp³-hybridized carbons (Fsp3) is 0.615. The second kappa shape index (κ2) is 5.42. The number of likely N-dealkylation sites (tertiary alicyclic amines) is 1. The minimum Gasteiger partial charge on any atom is -0.481 e. The summed E-state index contributed by atoms with van der Waals surface area (Å²) in [4.78, 5) is 36.2. The van der Waals surface area contributed by atoms with E-state index in [2.05, 4.69) is 0 Å². The minimum atomic E-state index is -0.937. The molecule has 1 aliphatic heterocycles. The fourth-order valence-electron chi connectivity index (χ4n) is 2.79. The molecule has 0 saturated carbocycles. The highest BCUT2D eigenvalue weighted by molar-refractivity contribution is 5.86. The van der Waals surface area contributed by atoms with Crippen LogP contribution in [0.15, 0.2) is 12.2 Å². The Labute approximate surface area is 111 Å². The maximum absolute atomic E-state index is 12.4. The first-order valence-corrected chi connectivity index (χ1v) is 6.46. The monoisotopic (exact) mass is 266 g/mol. The van der Waals surface area contributed by atoms with Crippen LogP contribution in [0.3, 0.4) is 0 Å². The molecule has 0 aromatic rings. The molecule has 0 spiro atoms. The van der Waals surface area contributed by atoms with E-state index in [4.69, 9.17) is 10.8 Å². The summed E-state index contributed by atoms with van der Waals surface area (Å²) in [5.74, 6) is -2.98. The van der Waals surface area contributed by atoms with E-state index in [1.54, 1.807) is 11.0 Å². The van der Waals surface area contributed by atoms with Crippen LogP contribution < -0.4 is 5.73 Å². The van der Waals surface area contributed by atoms with Crippen molar-refractivity contribution in [1.82, 2.24) is 4.90 Å². The van der Waals surface area contributed by atoms with Crippen molar-refractivity contribution < 1.29 is 19.5 Å². The molecule has 6 heteroatoms. The number of amides is 2. The van der Waals surface area contributed by atoms with Crippen molar-refractivity contribution >= 4 is 17.8 Å². The third kappa shape index (κ3) is 2.77. The summed E-state index contributed by atoms with van der Waals surface area (Å²) < 4.78 is 0. The van der Waals surface area contributed by atoms with Gasteiger partial charge in [0.2, 0.25) is 11.8 Å². The van der Waals surface area contributed by atoms with Crippen LogP contribution in [0.1, 0.15) is 19.3 Å². The first-order valence-electron chi connectivity index (χ1n) is 6.46. The molecule has 2 rings (SSSR count). The topological polar surface area (TPSA) is 101 Å². The standard InChI is InChI=1S/C13H18N2O4/c14-11(16)8-5-6-15(7-8)12(17)9-3-1-2-4-10(9)13(18)19/h1-2,8-10H,3-7H2,(H2,14,16)(H,18,19). The molecule has 2 amide bonds. The van der Waals surface area contributed by atoms with Crippen LogP contribution >= 0.6 is 0 Å². The van der Waals surface area contributed by atoms with E-state index in [-0.39, 0.29) is 11.8 Å². The molecule has 0 bridgehead atoms. The average molecular weight is 266 g/mol. The predicted octanol–water partition coefficient (Wildman–Crippen LogP) is -0.0128. The van der Waals surface area contributed by atoms with Crippen molar-refractivity contribution in [2.75, 3.05) is 13.1 Å². The molecular formula is C13H18N2O4. The van der Waals surface area contributed by atoms with Crippen LogP contribution in [-0.4, -0.2) is 40.9 Å². The number of aliphatic carboxylic acids is 1. The highest BCUT2D eigenvalue weighted by Crippen LogP contribution is 2.29. The molecule has 1 aliphatic carbocycles. The van der Waals surface area contributed by atoms with E-state index in [1.165, 1.54) is 0 Å². The largest absolute Gasteiger partial charge is 0.481 e. The van der Waals surface area contributed by atoms with Crippen LogP contribution in [0.4, 0.5) is 0 Å². The fourth-order valence-corrected chi connectivity index (χ4v) is 2.79. The number of nitrogens with zero attached hydrogens (tertiary/aromatic N) is 1. The van der Waals surface area contributed by atoms with Gasteiger partial charge in [0.1, 0.15) is 0 Å². The summed E-state index contributed by atoms with van der Waals surface area (Å²) in [5.41, 5.74) is 5.23. The number of primary amides is 1. The van der Waals surface area contributed by atoms with Gasteiger partial charge in [-0.3, -0.25) is 14.4 Å². The Hall–Kier alpha value is -1.85. The third-order valence-electron chi connectivity index (χ3n) is 3.97. The van der Waals surface area contributed by atoms with Crippen molar-refractivity contribution in [1.29, 1.82) is 0 Å². The van der Waals surface area contributed by atoms with Gasteiger partial charge in [-0.05, 0) is 19.3 Å². The molecule has 3 N–H and O–H groups in total. The van der Waals surface area contributed by atoms with Crippen LogP contribution in [-0.2, 0) is 14.4 Å². The molecule has 0 aromatic heterocycles. The SMILES string of the molecule is NC(=O)C1CCN(C(=O)C2CC=CCC2C(=O)O)C1. The lowest BCUT2D eigenvalue weighted by molar-refractivity contribution is -0.150. The predicted molar refractivity (Wildman–Crippen MR) is 66.9 cm³/mol. The smallest absolute Gasteiger partial charge is 0.307 e. The number of hydrogen-bond acceptors (Lipinski definition) is 3. The normalized spacial score (nSPS) is 30.3. The van der Waals surface area contributed by atoms with Crippen LogP contribution in [0, 0.1) is 17.8 Å². The third-order valence-corrected chi connectivity index (χ3v) is 3.97. The number of rotatable bonds is 3. The van der Waals surface area contributed by atoms with Crippen LogP contribution in [0.5, 0.6) is 0 Å². The summed E-state index contributed by atoms with van der Waals surface area (Å²) >= 11 is 0. The number of carboxylic acid groups (broad SMARTS) is 1. The lowest BCUT2D eigenvalue weighted by Crippen LogP contribution is -2.41. The first-order chi connectivity index (χ1) is 9.00. The Balaban J connectivity index is 2.05. The number of hydrogen-bond donors (Lipinski definition) is 2. The van der Waals surface area contributed by atoms with E-state index in [9.17, 15) is 14.4 Å². The van der Waals surface area contributed by atoms with Gasteiger partial charge in [0.05, 0.1) is 17.8 Å². The Bertz CT molecular complexity index is 432. The Kier molecular flexibility index (Phi) is 3.87. The molecule has 3 unspecified atom stereocenters. The number of allylic oxidation sites excluding steroid dienone is 2. The van der Waals surface area contributed by atoms with Crippen molar-refractivity contribution in [3.8, 4) is 0 Å². The molecule has 2 aliphatic rings. The summed E-state index contributed by atoms with van der Waals surface area (Å²) in [6, 6.07) is 0. The lowest BCUT2D eigenvalue weighted by atomic mass is 9.82. The van der Waals surface area contributed by atoms with Gasteiger partial charge in [0.15, 0.2) is 0 Å². The molecule has 1 fully saturated rings. The Morgan fingerprint density at radius 3 is 2.32 bits per heavy atom. The zero-order valence-electron chi connectivity index (χ0n) is 10.6. The number of nitrogens with two attached hydrogens (primary N) is 1. The zero-order valence-corrected chi connectivity index (χ0v) is 10.6. The van der Waals surface area contributed by atoms with Crippen LogP contribution in [0.25, 0.3) is 0 Å². The second-order valence-corrected chi connectivity index (χ2v) is 5.17. The van der Waals surface area contributed by atoms with E-state index >= 15 is 0 Å². The molecule has 3 atom stereocenters. The van der Waals surface area contributed by atoms with Crippen molar-refractivity contribution in [3.63, 3.8) is 0 Å². The van der Waals surface area contributed by atoms with Crippen molar-refractivity contribution in [3.05, 3.63) is 12.2 Å². The molecule has 0 aromatic carbocycles. The lowest BCUT2D eigenvalue weighted by Gasteiger charge is -2.28. The van der Waals surface area contributed by atoms with Crippen molar-refractivity contribution in [2.24, 2.45) is 23.5 Å². The first kappa shape index (κ1) is 13.6. The van der Waals surface area contributed by atoms with E-state index in [0.29, 0.717) is 32.4 Å². The zero-order chi connectivity index (χ0) is 14.0. The van der Waals surface area contributed by atoms with E-state index in [1.807, 2.05) is 6.08 Å². The summed E-state index contributed by atoms with van der Waals surface area (Å²) in [6.07, 6.45) is 5.07. The minimum absolute atomic E-state index is 0.166. The molecule has 1 heterocycles. The van der Waals surface area contributed by atoms with Gasteiger partial charge in [0, 0.05) is 13.1 Å². The molecule has 1 saturated heterocycles. The average Bonchev–Trinajstić information content (AvgIpc) is 2.87.